The average Bonchev–Trinajstić information content (AvgIpc) is 3.81. The highest BCUT2D eigenvalue weighted by Gasteiger charge is 2.21. The lowest BCUT2D eigenvalue weighted by molar-refractivity contribution is -0.146. The Bertz CT molecular complexity index is 800. The van der Waals surface area contributed by atoms with Crippen molar-refractivity contribution < 1.29 is 43.2 Å². The van der Waals surface area contributed by atoms with Gasteiger partial charge in [0.2, 0.25) is 0 Å². The van der Waals surface area contributed by atoms with Crippen LogP contribution in [0.1, 0.15) is 111 Å². The normalized spacial score (nSPS) is 18.2. The van der Waals surface area contributed by atoms with E-state index in [4.69, 9.17) is 29.6 Å². The van der Waals surface area contributed by atoms with Crippen molar-refractivity contribution in [3.8, 4) is 0 Å². The average molecular weight is 753 g/mol. The second kappa shape index (κ2) is 30.3. The molecular formula is C28H58N2O9P6. The molecule has 3 aliphatic rings. The van der Waals surface area contributed by atoms with Crippen molar-refractivity contribution in [3.05, 3.63) is 0 Å². The Morgan fingerprint density at radius 1 is 0.778 bits per heavy atom. The molecule has 0 aromatic heterocycles. The summed E-state index contributed by atoms with van der Waals surface area (Å²) in [6.45, 7) is 5.93. The van der Waals surface area contributed by atoms with E-state index in [0.717, 1.165) is 57.5 Å². The van der Waals surface area contributed by atoms with Crippen LogP contribution >= 0.6 is 49.3 Å². The molecule has 0 aromatic carbocycles. The molecule has 45 heavy (non-hydrogen) atoms. The van der Waals surface area contributed by atoms with Gasteiger partial charge in [-0.25, -0.2) is 4.79 Å². The Morgan fingerprint density at radius 2 is 1.22 bits per heavy atom. The smallest absolute Gasteiger partial charge is 0.410 e. The molecule has 11 nitrogen and oxygen atoms in total. The summed E-state index contributed by atoms with van der Waals surface area (Å²) in [4.78, 5) is 44.1. The van der Waals surface area contributed by atoms with Crippen LogP contribution < -0.4 is 10.6 Å². The van der Waals surface area contributed by atoms with E-state index in [1.165, 1.54) is 32.6 Å². The summed E-state index contributed by atoms with van der Waals surface area (Å²) in [6, 6.07) is 0. The second-order valence-corrected chi connectivity index (χ2v) is 23.6. The fraction of sp³-hybridized carbons (Fsp3) is 0.857. The Labute approximate surface area is 281 Å². The Kier molecular flexibility index (Phi) is 30.4. The number of aliphatic hydroxyl groups is 1. The minimum absolute atomic E-state index is 0.0463. The highest BCUT2D eigenvalue weighted by atomic mass is 32.4. The van der Waals surface area contributed by atoms with Gasteiger partial charge in [-0.1, -0.05) is 28.8 Å². The molecule has 0 saturated heterocycles. The minimum atomic E-state index is -0.696. The summed E-state index contributed by atoms with van der Waals surface area (Å²) >= 11 is 0. The fourth-order valence-electron chi connectivity index (χ4n) is 4.54. The number of aliphatic hydroxyl groups excluding tert-OH is 1. The van der Waals surface area contributed by atoms with Crippen LogP contribution in [0.15, 0.2) is 0 Å². The summed E-state index contributed by atoms with van der Waals surface area (Å²) in [5.74, 6) is -0.472. The van der Waals surface area contributed by atoms with Crippen molar-refractivity contribution in [1.82, 2.24) is 5.09 Å². The summed E-state index contributed by atoms with van der Waals surface area (Å²) in [5, 5.41) is 11.6. The van der Waals surface area contributed by atoms with Gasteiger partial charge in [0.1, 0.15) is 12.2 Å². The summed E-state index contributed by atoms with van der Waals surface area (Å²) in [7, 11) is 5.32. The Balaban J connectivity index is 0.000000629. The molecule has 4 N–H and O–H groups in total. The number of carbonyl (C=O) groups is 4. The van der Waals surface area contributed by atoms with Gasteiger partial charge in [-0.2, -0.15) is 0 Å². The molecule has 0 bridgehead atoms. The number of carbonyl (C=O) groups excluding carboxylic acids is 4. The third-order valence-electron chi connectivity index (χ3n) is 6.79. The highest BCUT2D eigenvalue weighted by molar-refractivity contribution is 8.44. The largest absolute Gasteiger partial charge is 0.466 e. The number of rotatable bonds is 13. The number of nitrogens with one attached hydrogen (secondary N) is 1. The predicted octanol–water partition coefficient (Wildman–Crippen LogP) is 7.48. The number of nitrogens with two attached hydrogens (primary N) is 1. The van der Waals surface area contributed by atoms with Crippen molar-refractivity contribution in [1.29, 1.82) is 0 Å². The van der Waals surface area contributed by atoms with Crippen LogP contribution in [-0.4, -0.2) is 73.0 Å². The molecule has 0 radical (unpaired) electrons. The molecule has 3 rings (SSSR count). The zero-order valence-electron chi connectivity index (χ0n) is 27.3. The third-order valence-corrected chi connectivity index (χ3v) is 18.7. The Morgan fingerprint density at radius 3 is 1.60 bits per heavy atom. The van der Waals surface area contributed by atoms with E-state index >= 15 is 0 Å². The van der Waals surface area contributed by atoms with E-state index in [2.05, 4.69) is 22.9 Å². The van der Waals surface area contributed by atoms with Crippen LogP contribution in [-0.2, 0) is 33.3 Å². The van der Waals surface area contributed by atoms with Crippen LogP contribution in [0.25, 0.3) is 0 Å². The molecule has 17 heteroatoms. The van der Waals surface area contributed by atoms with Crippen LogP contribution in [0.2, 0.25) is 0 Å². The minimum Gasteiger partial charge on any atom is -0.466 e. The molecule has 3 fully saturated rings. The van der Waals surface area contributed by atoms with E-state index < -0.39 is 15.5 Å². The van der Waals surface area contributed by atoms with Crippen LogP contribution in [0.5, 0.6) is 0 Å². The lowest BCUT2D eigenvalue weighted by Crippen LogP contribution is -2.24. The molecule has 3 saturated carbocycles. The van der Waals surface area contributed by atoms with Crippen molar-refractivity contribution in [3.63, 3.8) is 0 Å². The first-order chi connectivity index (χ1) is 21.5. The standard InChI is InChI=1S/C11H22NO4P3.C7H12O2.C5H14NO2P3.C5H10O/c1-2-15-10(13)7-8-19(18-17)12-11(14)16-9-5-3-4-6-9;1-6(8)9-7-4-2-3-5-7;1-2-8-5(7)3-4-11(6)10-9;6-5-3-1-2-4-5/h9,18H,2-8,17H2,1H3,(H,12,14);7H,2-5H2,1H3;10H,2-4,6,9H2,1H3;5-6H,1-4H2. The van der Waals surface area contributed by atoms with Crippen LogP contribution in [0.4, 0.5) is 4.79 Å². The maximum atomic E-state index is 11.7. The van der Waals surface area contributed by atoms with E-state index in [1.807, 2.05) is 0 Å². The third kappa shape index (κ3) is 27.8. The van der Waals surface area contributed by atoms with E-state index in [9.17, 15) is 19.2 Å². The lowest BCUT2D eigenvalue weighted by atomic mass is 10.3. The van der Waals surface area contributed by atoms with Gasteiger partial charge in [-0.15, -0.1) is 17.9 Å². The number of hydrogen-bond donors (Lipinski definition) is 3. The molecule has 6 atom stereocenters. The second-order valence-electron chi connectivity index (χ2n) is 10.6. The maximum Gasteiger partial charge on any atom is 0.410 e. The van der Waals surface area contributed by atoms with Gasteiger partial charge in [0.15, 0.2) is 0 Å². The van der Waals surface area contributed by atoms with Gasteiger partial charge < -0.3 is 29.6 Å². The van der Waals surface area contributed by atoms with Gasteiger partial charge >= 0.3 is 24.0 Å². The molecule has 0 aliphatic heterocycles. The summed E-state index contributed by atoms with van der Waals surface area (Å²) in [5.41, 5.74) is 5.67. The van der Waals surface area contributed by atoms with Gasteiger partial charge in [-0.05, 0) is 92.0 Å². The SMILES string of the molecule is CC(=O)OC1CCCC1.CCOC(=O)CCP(N)PP.CCOC(=O)CCP(NC(=O)OC1CCCC1)PP.OC1CCCC1. The molecule has 264 valence electrons. The summed E-state index contributed by atoms with van der Waals surface area (Å²) < 4.78 is 19.9. The quantitative estimate of drug-likeness (QED) is 0.0977. The monoisotopic (exact) mass is 752 g/mol. The predicted molar refractivity (Wildman–Crippen MR) is 197 cm³/mol. The fourth-order valence-corrected chi connectivity index (χ4v) is 10.9. The molecule has 1 amide bonds. The first kappa shape index (κ1) is 45.2. The first-order valence-corrected chi connectivity index (χ1v) is 26.3. The molecule has 0 heterocycles. The van der Waals surface area contributed by atoms with Crippen LogP contribution in [0, 0.1) is 0 Å². The zero-order valence-corrected chi connectivity index (χ0v) is 33.4. The molecule has 0 aromatic rings. The lowest BCUT2D eigenvalue weighted by Gasteiger charge is -2.18. The maximum absolute atomic E-state index is 11.7. The Hall–Kier alpha value is 0.180. The van der Waals surface area contributed by atoms with Gasteiger partial charge in [-0.3, -0.25) is 19.5 Å². The number of ether oxygens (including phenoxy) is 4. The van der Waals surface area contributed by atoms with E-state index in [0.29, 0.717) is 48.1 Å². The number of amides is 1. The molecule has 0 spiro atoms. The van der Waals surface area contributed by atoms with E-state index in [1.54, 1.807) is 13.8 Å². The topological polar surface area (TPSA) is 163 Å². The van der Waals surface area contributed by atoms with E-state index in [-0.39, 0.29) is 42.3 Å². The van der Waals surface area contributed by atoms with Gasteiger partial charge in [0.25, 0.3) is 0 Å². The van der Waals surface area contributed by atoms with Crippen molar-refractivity contribution in [2.24, 2.45) is 5.50 Å². The van der Waals surface area contributed by atoms with Crippen LogP contribution in [0.3, 0.4) is 0 Å². The summed E-state index contributed by atoms with van der Waals surface area (Å²) in [6.07, 6.45) is 15.6. The van der Waals surface area contributed by atoms with Gasteiger partial charge in [0, 0.05) is 20.8 Å². The number of esters is 3. The first-order valence-electron chi connectivity index (χ1n) is 15.9. The molecular weight excluding hydrogens is 694 g/mol. The van der Waals surface area contributed by atoms with Gasteiger partial charge in [0.05, 0.1) is 32.2 Å². The highest BCUT2D eigenvalue weighted by Crippen LogP contribution is 2.57. The van der Waals surface area contributed by atoms with Crippen molar-refractivity contribution in [2.75, 3.05) is 25.5 Å². The van der Waals surface area contributed by atoms with Crippen molar-refractivity contribution in [2.45, 2.75) is 129 Å². The van der Waals surface area contributed by atoms with Crippen molar-refractivity contribution >= 4 is 73.3 Å². The molecule has 3 aliphatic carbocycles. The number of hydrogen-bond acceptors (Lipinski definition) is 10. The zero-order chi connectivity index (χ0) is 33.9. The molecule has 6 unspecified atom stereocenters.